The molecule has 6 heteroatoms. The summed E-state index contributed by atoms with van der Waals surface area (Å²) in [6.45, 7) is 3.93. The number of carbonyl (C=O) groups is 1. The minimum Gasteiger partial charge on any atom is -0.371 e. The minimum absolute atomic E-state index is 0.0839. The molecule has 26 heavy (non-hydrogen) atoms. The third-order valence-electron chi connectivity index (χ3n) is 5.47. The molecule has 2 aromatic rings. The van der Waals surface area contributed by atoms with Gasteiger partial charge in [0.25, 0.3) is 0 Å². The average molecular weight is 357 g/mol. The highest BCUT2D eigenvalue weighted by molar-refractivity contribution is 5.97. The van der Waals surface area contributed by atoms with Gasteiger partial charge in [0.1, 0.15) is 11.6 Å². The third kappa shape index (κ3) is 2.83. The summed E-state index contributed by atoms with van der Waals surface area (Å²) in [5.74, 6) is -1.18. The van der Waals surface area contributed by atoms with Crippen molar-refractivity contribution in [1.82, 2.24) is 4.98 Å². The number of carbonyl (C=O) groups excluding carboxylic acids is 1. The number of piperidine rings is 1. The fourth-order valence-corrected chi connectivity index (χ4v) is 4.08. The summed E-state index contributed by atoms with van der Waals surface area (Å²) in [6, 6.07) is 4.23. The average Bonchev–Trinajstić information content (AvgIpc) is 3.11. The Kier molecular flexibility index (Phi) is 4.34. The number of fused-ring (bicyclic) bond motifs is 1. The molecule has 0 saturated carbocycles. The second-order valence-electron chi connectivity index (χ2n) is 7.02. The first kappa shape index (κ1) is 16.9. The number of rotatable bonds is 2. The van der Waals surface area contributed by atoms with Gasteiger partial charge in [0, 0.05) is 49.2 Å². The molecular weight excluding hydrogens is 336 g/mol. The van der Waals surface area contributed by atoms with Crippen molar-refractivity contribution in [3.8, 4) is 0 Å². The number of benzene rings is 1. The minimum atomic E-state index is -0.517. The van der Waals surface area contributed by atoms with E-state index in [0.717, 1.165) is 36.5 Å². The SMILES string of the molecule is Cc1cnccc1N1CCC(C(=O)N2CCc3c(F)ccc(F)c32)CC1. The summed E-state index contributed by atoms with van der Waals surface area (Å²) in [6.07, 6.45) is 5.41. The molecule has 3 heterocycles. The van der Waals surface area contributed by atoms with Gasteiger partial charge in [-0.05, 0) is 49.9 Å². The molecule has 0 bridgehead atoms. The van der Waals surface area contributed by atoms with Crippen LogP contribution in [0.25, 0.3) is 0 Å². The van der Waals surface area contributed by atoms with Crippen molar-refractivity contribution in [2.45, 2.75) is 26.2 Å². The van der Waals surface area contributed by atoms with Crippen molar-refractivity contribution in [2.75, 3.05) is 29.4 Å². The number of aryl methyl sites for hydroxylation is 1. The van der Waals surface area contributed by atoms with Gasteiger partial charge in [0.2, 0.25) is 5.91 Å². The van der Waals surface area contributed by atoms with Crippen molar-refractivity contribution in [3.05, 3.63) is 53.4 Å². The Balaban J connectivity index is 1.48. The number of amides is 1. The number of nitrogens with zero attached hydrogens (tertiary/aromatic N) is 3. The molecule has 0 atom stereocenters. The van der Waals surface area contributed by atoms with Gasteiger partial charge in [-0.1, -0.05) is 0 Å². The highest BCUT2D eigenvalue weighted by atomic mass is 19.1. The number of anilines is 2. The van der Waals surface area contributed by atoms with Crippen LogP contribution in [0.2, 0.25) is 0 Å². The van der Waals surface area contributed by atoms with Gasteiger partial charge < -0.3 is 9.80 Å². The lowest BCUT2D eigenvalue weighted by atomic mass is 9.94. The normalized spacial score (nSPS) is 17.5. The lowest BCUT2D eigenvalue weighted by molar-refractivity contribution is -0.122. The lowest BCUT2D eigenvalue weighted by Gasteiger charge is -2.35. The Labute approximate surface area is 151 Å². The Hall–Kier alpha value is -2.50. The maximum atomic E-state index is 14.2. The van der Waals surface area contributed by atoms with Gasteiger partial charge in [-0.3, -0.25) is 9.78 Å². The van der Waals surface area contributed by atoms with Crippen molar-refractivity contribution in [1.29, 1.82) is 0 Å². The Morgan fingerprint density at radius 1 is 1.12 bits per heavy atom. The summed E-state index contributed by atoms with van der Waals surface area (Å²) in [5.41, 5.74) is 2.72. The molecule has 2 aliphatic heterocycles. The van der Waals surface area contributed by atoms with Crippen molar-refractivity contribution in [3.63, 3.8) is 0 Å². The maximum absolute atomic E-state index is 14.2. The van der Waals surface area contributed by atoms with Crippen LogP contribution in [0.15, 0.2) is 30.6 Å². The number of hydrogen-bond acceptors (Lipinski definition) is 3. The van der Waals surface area contributed by atoms with Crippen LogP contribution in [0.3, 0.4) is 0 Å². The van der Waals surface area contributed by atoms with Crippen LogP contribution in [0, 0.1) is 24.5 Å². The van der Waals surface area contributed by atoms with E-state index in [9.17, 15) is 13.6 Å². The molecule has 1 aromatic heterocycles. The van der Waals surface area contributed by atoms with Crippen LogP contribution in [0.1, 0.15) is 24.0 Å². The Bertz CT molecular complexity index is 847. The second kappa shape index (κ2) is 6.67. The van der Waals surface area contributed by atoms with Gasteiger partial charge in [-0.2, -0.15) is 0 Å². The quantitative estimate of drug-likeness (QED) is 0.826. The Morgan fingerprint density at radius 3 is 2.58 bits per heavy atom. The largest absolute Gasteiger partial charge is 0.371 e. The van der Waals surface area contributed by atoms with Crippen LogP contribution in [0.5, 0.6) is 0 Å². The van der Waals surface area contributed by atoms with Gasteiger partial charge >= 0.3 is 0 Å². The number of pyridine rings is 1. The van der Waals surface area contributed by atoms with Crippen LogP contribution >= 0.6 is 0 Å². The van der Waals surface area contributed by atoms with E-state index in [1.165, 1.54) is 4.90 Å². The van der Waals surface area contributed by atoms with E-state index in [1.54, 1.807) is 6.20 Å². The number of aromatic nitrogens is 1. The zero-order chi connectivity index (χ0) is 18.3. The van der Waals surface area contributed by atoms with E-state index in [4.69, 9.17) is 0 Å². The summed E-state index contributed by atoms with van der Waals surface area (Å²) in [4.78, 5) is 20.8. The summed E-state index contributed by atoms with van der Waals surface area (Å²) >= 11 is 0. The number of hydrogen-bond donors (Lipinski definition) is 0. The molecule has 0 radical (unpaired) electrons. The van der Waals surface area contributed by atoms with E-state index in [-0.39, 0.29) is 17.5 Å². The van der Waals surface area contributed by atoms with Crippen molar-refractivity contribution in [2.24, 2.45) is 5.92 Å². The topological polar surface area (TPSA) is 36.4 Å². The molecule has 0 unspecified atom stereocenters. The first-order valence-corrected chi connectivity index (χ1v) is 9.00. The standard InChI is InChI=1S/C20H21F2N3O/c1-13-12-23-8-4-18(13)24-9-5-14(6-10-24)20(26)25-11-7-15-16(21)2-3-17(22)19(15)25/h2-4,8,12,14H,5-7,9-11H2,1H3. The molecule has 0 spiro atoms. The van der Waals surface area contributed by atoms with E-state index in [1.807, 2.05) is 19.2 Å². The molecule has 1 fully saturated rings. The molecular formula is C20H21F2N3O. The molecule has 1 aromatic carbocycles. The monoisotopic (exact) mass is 357 g/mol. The fourth-order valence-electron chi connectivity index (χ4n) is 4.08. The first-order valence-electron chi connectivity index (χ1n) is 9.00. The predicted molar refractivity (Wildman–Crippen MR) is 96.3 cm³/mol. The third-order valence-corrected chi connectivity index (χ3v) is 5.47. The van der Waals surface area contributed by atoms with E-state index < -0.39 is 11.6 Å². The van der Waals surface area contributed by atoms with E-state index >= 15 is 0 Å². The fraction of sp³-hybridized carbons (Fsp3) is 0.400. The summed E-state index contributed by atoms with van der Waals surface area (Å²) in [7, 11) is 0. The molecule has 0 aliphatic carbocycles. The van der Waals surface area contributed by atoms with E-state index in [0.29, 0.717) is 31.4 Å². The highest BCUT2D eigenvalue weighted by Gasteiger charge is 2.35. The van der Waals surface area contributed by atoms with Gasteiger partial charge in [0.15, 0.2) is 0 Å². The van der Waals surface area contributed by atoms with Gasteiger partial charge in [0.05, 0.1) is 5.69 Å². The summed E-state index contributed by atoms with van der Waals surface area (Å²) in [5, 5.41) is 0. The first-order chi connectivity index (χ1) is 12.6. The van der Waals surface area contributed by atoms with Crippen molar-refractivity contribution >= 4 is 17.3 Å². The summed E-state index contributed by atoms with van der Waals surface area (Å²) < 4.78 is 28.1. The predicted octanol–water partition coefficient (Wildman–Crippen LogP) is 3.47. The molecule has 2 aliphatic rings. The van der Waals surface area contributed by atoms with Gasteiger partial charge in [-0.15, -0.1) is 0 Å². The van der Waals surface area contributed by atoms with Crippen LogP contribution in [0.4, 0.5) is 20.2 Å². The molecule has 1 saturated heterocycles. The molecule has 4 rings (SSSR count). The van der Waals surface area contributed by atoms with Crippen molar-refractivity contribution < 1.29 is 13.6 Å². The smallest absolute Gasteiger partial charge is 0.230 e. The molecule has 4 nitrogen and oxygen atoms in total. The lowest BCUT2D eigenvalue weighted by Crippen LogP contribution is -2.42. The molecule has 0 N–H and O–H groups in total. The highest BCUT2D eigenvalue weighted by Crippen LogP contribution is 2.35. The zero-order valence-electron chi connectivity index (χ0n) is 14.7. The number of halogens is 2. The maximum Gasteiger partial charge on any atom is 0.230 e. The zero-order valence-corrected chi connectivity index (χ0v) is 14.7. The van der Waals surface area contributed by atoms with E-state index in [2.05, 4.69) is 9.88 Å². The van der Waals surface area contributed by atoms with Crippen LogP contribution in [-0.4, -0.2) is 30.5 Å². The Morgan fingerprint density at radius 2 is 1.85 bits per heavy atom. The van der Waals surface area contributed by atoms with Crippen LogP contribution in [-0.2, 0) is 11.2 Å². The molecule has 136 valence electrons. The second-order valence-corrected chi connectivity index (χ2v) is 7.02. The van der Waals surface area contributed by atoms with Crippen LogP contribution < -0.4 is 9.80 Å². The molecule has 1 amide bonds. The van der Waals surface area contributed by atoms with Gasteiger partial charge in [-0.25, -0.2) is 8.78 Å².